The highest BCUT2D eigenvalue weighted by Crippen LogP contribution is 2.21. The van der Waals surface area contributed by atoms with Crippen LogP contribution in [-0.4, -0.2) is 24.6 Å². The van der Waals surface area contributed by atoms with Crippen LogP contribution in [0.15, 0.2) is 23.3 Å². The van der Waals surface area contributed by atoms with E-state index in [1.165, 1.54) is 6.21 Å². The molecule has 0 aromatic heterocycles. The number of halogens is 2. The number of rotatable bonds is 4. The minimum Gasteiger partial charge on any atom is -0.348 e. The molecule has 0 fully saturated rings. The predicted molar refractivity (Wildman–Crippen MR) is 75.5 cm³/mol. The number of carbonyl (C=O) groups excluding carboxylic acids is 2. The number of hydrogen-bond donors (Lipinski definition) is 2. The second kappa shape index (κ2) is 7.76. The Morgan fingerprint density at radius 2 is 1.89 bits per heavy atom. The van der Waals surface area contributed by atoms with Gasteiger partial charge in [0.1, 0.15) is 0 Å². The second-order valence-corrected chi connectivity index (χ2v) is 4.40. The van der Waals surface area contributed by atoms with Gasteiger partial charge >= 0.3 is 11.8 Å². The van der Waals surface area contributed by atoms with E-state index < -0.39 is 11.8 Å². The number of benzene rings is 1. The van der Waals surface area contributed by atoms with Crippen molar-refractivity contribution in [2.24, 2.45) is 5.10 Å². The molecule has 0 saturated carbocycles. The number of hydrazone groups is 1. The van der Waals surface area contributed by atoms with Crippen LogP contribution in [0.2, 0.25) is 10.0 Å². The molecule has 1 aromatic rings. The molecular formula is C12H13Cl2N3O2. The zero-order valence-electron chi connectivity index (χ0n) is 10.2. The van der Waals surface area contributed by atoms with Crippen molar-refractivity contribution in [1.82, 2.24) is 10.7 Å². The molecule has 102 valence electrons. The summed E-state index contributed by atoms with van der Waals surface area (Å²) in [6, 6.07) is 4.98. The summed E-state index contributed by atoms with van der Waals surface area (Å²) in [5.74, 6) is -1.57. The minimum absolute atomic E-state index is 0.404. The Bertz CT molecular complexity index is 483. The van der Waals surface area contributed by atoms with Gasteiger partial charge in [-0.1, -0.05) is 36.2 Å². The largest absolute Gasteiger partial charge is 0.348 e. The van der Waals surface area contributed by atoms with Crippen molar-refractivity contribution >= 4 is 41.2 Å². The normalized spacial score (nSPS) is 10.5. The van der Waals surface area contributed by atoms with Gasteiger partial charge in [0.15, 0.2) is 0 Å². The quantitative estimate of drug-likeness (QED) is 0.507. The molecule has 0 aliphatic rings. The molecule has 2 amide bonds. The van der Waals surface area contributed by atoms with Crippen molar-refractivity contribution in [3.63, 3.8) is 0 Å². The fourth-order valence-corrected chi connectivity index (χ4v) is 1.65. The number of carbonyl (C=O) groups is 2. The molecule has 5 nitrogen and oxygen atoms in total. The van der Waals surface area contributed by atoms with Gasteiger partial charge in [-0.25, -0.2) is 5.43 Å². The molecule has 1 rings (SSSR count). The van der Waals surface area contributed by atoms with E-state index in [1.54, 1.807) is 18.2 Å². The summed E-state index contributed by atoms with van der Waals surface area (Å²) < 4.78 is 0. The second-order valence-electron chi connectivity index (χ2n) is 3.59. The highest BCUT2D eigenvalue weighted by Gasteiger charge is 2.11. The molecule has 0 unspecified atom stereocenters. The molecule has 0 aliphatic carbocycles. The zero-order valence-corrected chi connectivity index (χ0v) is 11.8. The van der Waals surface area contributed by atoms with Crippen LogP contribution >= 0.6 is 23.2 Å². The third-order valence-corrected chi connectivity index (χ3v) is 2.76. The minimum atomic E-state index is -0.840. The lowest BCUT2D eigenvalue weighted by Crippen LogP contribution is -2.38. The van der Waals surface area contributed by atoms with Crippen LogP contribution in [0.3, 0.4) is 0 Å². The fraction of sp³-hybridized carbons (Fsp3) is 0.250. The van der Waals surface area contributed by atoms with E-state index >= 15 is 0 Å². The van der Waals surface area contributed by atoms with Gasteiger partial charge < -0.3 is 5.32 Å². The van der Waals surface area contributed by atoms with E-state index in [0.717, 1.165) is 6.42 Å². The van der Waals surface area contributed by atoms with Crippen molar-refractivity contribution in [3.05, 3.63) is 33.8 Å². The Morgan fingerprint density at radius 3 is 2.47 bits per heavy atom. The number of hydrogen-bond acceptors (Lipinski definition) is 3. The molecule has 7 heteroatoms. The van der Waals surface area contributed by atoms with Gasteiger partial charge in [0, 0.05) is 12.1 Å². The van der Waals surface area contributed by atoms with Crippen molar-refractivity contribution in [1.29, 1.82) is 0 Å². The molecule has 0 saturated heterocycles. The van der Waals surface area contributed by atoms with Crippen LogP contribution < -0.4 is 10.7 Å². The van der Waals surface area contributed by atoms with E-state index in [4.69, 9.17) is 23.2 Å². The van der Waals surface area contributed by atoms with Crippen molar-refractivity contribution in [3.8, 4) is 0 Å². The van der Waals surface area contributed by atoms with Gasteiger partial charge in [0.2, 0.25) is 0 Å². The SMILES string of the molecule is CCCNC(=O)C(=O)N/N=C\c1c(Cl)cccc1Cl. The van der Waals surface area contributed by atoms with E-state index in [0.29, 0.717) is 22.2 Å². The van der Waals surface area contributed by atoms with Gasteiger partial charge in [0.25, 0.3) is 0 Å². The Hall–Kier alpha value is -1.59. The van der Waals surface area contributed by atoms with Crippen LogP contribution in [0.5, 0.6) is 0 Å². The van der Waals surface area contributed by atoms with E-state index in [9.17, 15) is 9.59 Å². The maximum Gasteiger partial charge on any atom is 0.329 e. The van der Waals surface area contributed by atoms with Gasteiger partial charge in [-0.05, 0) is 18.6 Å². The van der Waals surface area contributed by atoms with Crippen LogP contribution in [-0.2, 0) is 9.59 Å². The third kappa shape index (κ3) is 4.89. The van der Waals surface area contributed by atoms with Gasteiger partial charge in [0.05, 0.1) is 16.3 Å². The van der Waals surface area contributed by atoms with Crippen LogP contribution in [0.4, 0.5) is 0 Å². The highest BCUT2D eigenvalue weighted by atomic mass is 35.5. The first-order valence-corrected chi connectivity index (χ1v) is 6.37. The average Bonchev–Trinajstić information content (AvgIpc) is 2.39. The molecule has 2 N–H and O–H groups in total. The first-order valence-electron chi connectivity index (χ1n) is 5.61. The zero-order chi connectivity index (χ0) is 14.3. The lowest BCUT2D eigenvalue weighted by atomic mass is 10.2. The highest BCUT2D eigenvalue weighted by molar-refractivity contribution is 6.38. The maximum atomic E-state index is 11.3. The Balaban J connectivity index is 2.59. The average molecular weight is 302 g/mol. The van der Waals surface area contributed by atoms with Crippen LogP contribution in [0.1, 0.15) is 18.9 Å². The summed E-state index contributed by atoms with van der Waals surface area (Å²) in [5, 5.41) is 6.87. The van der Waals surface area contributed by atoms with E-state index in [2.05, 4.69) is 15.8 Å². The molecule has 0 spiro atoms. The Labute approximate surface area is 121 Å². The van der Waals surface area contributed by atoms with Crippen molar-refractivity contribution < 1.29 is 9.59 Å². The van der Waals surface area contributed by atoms with E-state index in [1.807, 2.05) is 6.92 Å². The first kappa shape index (κ1) is 15.5. The first-order chi connectivity index (χ1) is 9.06. The molecule has 0 radical (unpaired) electrons. The molecule has 0 heterocycles. The van der Waals surface area contributed by atoms with Crippen LogP contribution in [0.25, 0.3) is 0 Å². The number of nitrogens with zero attached hydrogens (tertiary/aromatic N) is 1. The summed E-state index contributed by atoms with van der Waals surface area (Å²) in [6.07, 6.45) is 2.03. The van der Waals surface area contributed by atoms with Gasteiger partial charge in [-0.15, -0.1) is 0 Å². The number of nitrogens with one attached hydrogen (secondary N) is 2. The lowest BCUT2D eigenvalue weighted by molar-refractivity contribution is -0.139. The van der Waals surface area contributed by atoms with Crippen molar-refractivity contribution in [2.45, 2.75) is 13.3 Å². The van der Waals surface area contributed by atoms with Gasteiger partial charge in [-0.3, -0.25) is 9.59 Å². The topological polar surface area (TPSA) is 70.6 Å². The fourth-order valence-electron chi connectivity index (χ4n) is 1.16. The molecule has 1 aromatic carbocycles. The smallest absolute Gasteiger partial charge is 0.329 e. The Morgan fingerprint density at radius 1 is 1.26 bits per heavy atom. The van der Waals surface area contributed by atoms with Gasteiger partial charge in [-0.2, -0.15) is 5.10 Å². The molecule has 0 aliphatic heterocycles. The summed E-state index contributed by atoms with van der Waals surface area (Å²) in [5.41, 5.74) is 2.57. The lowest BCUT2D eigenvalue weighted by Gasteiger charge is -2.02. The molecule has 0 atom stereocenters. The molecule has 19 heavy (non-hydrogen) atoms. The van der Waals surface area contributed by atoms with Crippen LogP contribution in [0, 0.1) is 0 Å². The standard InChI is InChI=1S/C12H13Cl2N3O2/c1-2-6-15-11(18)12(19)17-16-7-8-9(13)4-3-5-10(8)14/h3-5,7H,2,6H2,1H3,(H,15,18)(H,17,19)/b16-7-. The molecule has 0 bridgehead atoms. The predicted octanol–water partition coefficient (Wildman–Crippen LogP) is 1.97. The number of amides is 2. The van der Waals surface area contributed by atoms with Crippen molar-refractivity contribution in [2.75, 3.05) is 6.54 Å². The Kier molecular flexibility index (Phi) is 6.32. The third-order valence-electron chi connectivity index (χ3n) is 2.10. The maximum absolute atomic E-state index is 11.3. The molecular weight excluding hydrogens is 289 g/mol. The summed E-state index contributed by atoms with van der Waals surface area (Å²) in [4.78, 5) is 22.5. The summed E-state index contributed by atoms with van der Waals surface area (Å²) >= 11 is 11.8. The summed E-state index contributed by atoms with van der Waals surface area (Å²) in [6.45, 7) is 2.32. The summed E-state index contributed by atoms with van der Waals surface area (Å²) in [7, 11) is 0. The van der Waals surface area contributed by atoms with E-state index in [-0.39, 0.29) is 0 Å². The monoisotopic (exact) mass is 301 g/mol.